The van der Waals surface area contributed by atoms with Crippen LogP contribution in [0.1, 0.15) is 29.5 Å². The number of amides is 2. The van der Waals surface area contributed by atoms with Gasteiger partial charge < -0.3 is 19.1 Å². The Morgan fingerprint density at radius 3 is 2.52 bits per heavy atom. The van der Waals surface area contributed by atoms with Gasteiger partial charge in [0.1, 0.15) is 0 Å². The van der Waals surface area contributed by atoms with Gasteiger partial charge in [-0.2, -0.15) is 0 Å². The summed E-state index contributed by atoms with van der Waals surface area (Å²) in [5.74, 6) is 0.419. The van der Waals surface area contributed by atoms with Crippen molar-refractivity contribution in [3.63, 3.8) is 0 Å². The summed E-state index contributed by atoms with van der Waals surface area (Å²) in [5, 5.41) is 0. The maximum Gasteiger partial charge on any atom is 0.289 e. The van der Waals surface area contributed by atoms with Crippen LogP contribution in [-0.4, -0.2) is 60.4 Å². The fourth-order valence-corrected chi connectivity index (χ4v) is 4.06. The summed E-state index contributed by atoms with van der Waals surface area (Å²) < 4.78 is 5.18. The van der Waals surface area contributed by atoms with Crippen LogP contribution in [0.2, 0.25) is 0 Å². The Labute approximate surface area is 159 Å². The van der Waals surface area contributed by atoms with Crippen molar-refractivity contribution < 1.29 is 14.0 Å². The average molecular weight is 367 g/mol. The normalized spacial score (nSPS) is 19.3. The van der Waals surface area contributed by atoms with E-state index < -0.39 is 0 Å². The van der Waals surface area contributed by atoms with E-state index in [1.54, 1.807) is 17.0 Å². The van der Waals surface area contributed by atoms with E-state index in [9.17, 15) is 9.59 Å². The first kappa shape index (κ1) is 17.6. The monoisotopic (exact) mass is 367 g/mol. The maximum absolute atomic E-state index is 12.7. The number of carbonyl (C=O) groups is 2. The van der Waals surface area contributed by atoms with Gasteiger partial charge in [0.25, 0.3) is 5.91 Å². The molecule has 142 valence electrons. The minimum Gasteiger partial charge on any atom is -0.459 e. The molecule has 2 amide bonds. The van der Waals surface area contributed by atoms with E-state index in [0.717, 1.165) is 13.0 Å². The predicted molar refractivity (Wildman–Crippen MR) is 103 cm³/mol. The second-order valence-corrected chi connectivity index (χ2v) is 7.28. The van der Waals surface area contributed by atoms with E-state index in [0.29, 0.717) is 44.4 Å². The molecule has 27 heavy (non-hydrogen) atoms. The van der Waals surface area contributed by atoms with Gasteiger partial charge in [0.15, 0.2) is 5.76 Å². The van der Waals surface area contributed by atoms with Crippen molar-refractivity contribution in [2.24, 2.45) is 0 Å². The van der Waals surface area contributed by atoms with Crippen LogP contribution < -0.4 is 4.90 Å². The molecule has 0 N–H and O–H groups in total. The van der Waals surface area contributed by atoms with Crippen LogP contribution >= 0.6 is 0 Å². The molecule has 1 aromatic heterocycles. The van der Waals surface area contributed by atoms with E-state index in [2.05, 4.69) is 36.1 Å². The van der Waals surface area contributed by atoms with Crippen LogP contribution in [0.4, 0.5) is 5.69 Å². The summed E-state index contributed by atoms with van der Waals surface area (Å²) in [6.07, 6.45) is 3.05. The van der Waals surface area contributed by atoms with Crippen LogP contribution in [-0.2, 0) is 11.2 Å². The fourth-order valence-electron chi connectivity index (χ4n) is 4.06. The van der Waals surface area contributed by atoms with Gasteiger partial charge in [-0.05, 0) is 37.1 Å². The first-order valence-electron chi connectivity index (χ1n) is 9.58. The second kappa shape index (κ2) is 7.47. The molecule has 2 aliphatic rings. The van der Waals surface area contributed by atoms with Gasteiger partial charge in [-0.25, -0.2) is 0 Å². The van der Waals surface area contributed by atoms with Crippen LogP contribution in [0, 0.1) is 0 Å². The van der Waals surface area contributed by atoms with Crippen molar-refractivity contribution in [2.45, 2.75) is 25.8 Å². The minimum absolute atomic E-state index is 0.102. The molecule has 1 unspecified atom stereocenters. The van der Waals surface area contributed by atoms with Crippen molar-refractivity contribution >= 4 is 17.5 Å². The van der Waals surface area contributed by atoms with Gasteiger partial charge in [0, 0.05) is 50.9 Å². The lowest BCUT2D eigenvalue weighted by molar-refractivity contribution is -0.132. The van der Waals surface area contributed by atoms with Crippen molar-refractivity contribution in [2.75, 3.05) is 37.6 Å². The summed E-state index contributed by atoms with van der Waals surface area (Å²) in [4.78, 5) is 30.9. The SMILES string of the molecule is CC1Cc2ccccc2N1CCC(=O)N1CCN(C(=O)c2ccco2)CC1. The Balaban J connectivity index is 1.28. The minimum atomic E-state index is -0.102. The molecule has 1 atom stereocenters. The molecule has 3 heterocycles. The quantitative estimate of drug-likeness (QED) is 0.833. The molecule has 4 rings (SSSR count). The average Bonchev–Trinajstić information content (AvgIpc) is 3.33. The van der Waals surface area contributed by atoms with Crippen molar-refractivity contribution in [1.82, 2.24) is 9.80 Å². The number of carbonyl (C=O) groups excluding carboxylic acids is 2. The van der Waals surface area contributed by atoms with E-state index >= 15 is 0 Å². The van der Waals surface area contributed by atoms with Gasteiger partial charge >= 0.3 is 0 Å². The molecule has 0 aliphatic carbocycles. The summed E-state index contributed by atoms with van der Waals surface area (Å²) in [6, 6.07) is 12.3. The van der Waals surface area contributed by atoms with Crippen LogP contribution in [0.25, 0.3) is 0 Å². The number of hydrogen-bond acceptors (Lipinski definition) is 4. The Hall–Kier alpha value is -2.76. The molecule has 6 nitrogen and oxygen atoms in total. The van der Waals surface area contributed by atoms with Crippen LogP contribution in [0.3, 0.4) is 0 Å². The second-order valence-electron chi connectivity index (χ2n) is 7.28. The molecular weight excluding hydrogens is 342 g/mol. The van der Waals surface area contributed by atoms with E-state index in [4.69, 9.17) is 4.42 Å². The molecule has 2 aliphatic heterocycles. The van der Waals surface area contributed by atoms with Crippen molar-refractivity contribution in [3.05, 3.63) is 54.0 Å². The maximum atomic E-state index is 12.7. The number of piperazine rings is 1. The van der Waals surface area contributed by atoms with Gasteiger partial charge in [-0.15, -0.1) is 0 Å². The number of benzene rings is 1. The predicted octanol–water partition coefficient (Wildman–Crippen LogP) is 2.41. The molecule has 1 fully saturated rings. The Morgan fingerprint density at radius 2 is 1.78 bits per heavy atom. The molecule has 0 bridgehead atoms. The third-order valence-corrected chi connectivity index (χ3v) is 5.57. The van der Waals surface area contributed by atoms with E-state index in [1.165, 1.54) is 17.5 Å². The zero-order valence-corrected chi connectivity index (χ0v) is 15.6. The summed E-state index contributed by atoms with van der Waals surface area (Å²) in [5.41, 5.74) is 2.62. The van der Waals surface area contributed by atoms with Gasteiger partial charge in [0.2, 0.25) is 5.91 Å². The molecule has 0 spiro atoms. The largest absolute Gasteiger partial charge is 0.459 e. The van der Waals surface area contributed by atoms with E-state index in [1.807, 2.05) is 4.90 Å². The first-order chi connectivity index (χ1) is 13.1. The lowest BCUT2D eigenvalue weighted by atomic mass is 10.1. The molecular formula is C21H25N3O3. The topological polar surface area (TPSA) is 57.0 Å². The van der Waals surface area contributed by atoms with Crippen molar-refractivity contribution in [3.8, 4) is 0 Å². The number of furan rings is 1. The third kappa shape index (κ3) is 3.56. The number of hydrogen-bond donors (Lipinski definition) is 0. The molecule has 1 saturated heterocycles. The number of fused-ring (bicyclic) bond motifs is 1. The molecule has 2 aromatic rings. The van der Waals surface area contributed by atoms with E-state index in [-0.39, 0.29) is 11.8 Å². The Kier molecular flexibility index (Phi) is 4.88. The summed E-state index contributed by atoms with van der Waals surface area (Å²) >= 11 is 0. The zero-order chi connectivity index (χ0) is 18.8. The lowest BCUT2D eigenvalue weighted by Crippen LogP contribution is -2.51. The lowest BCUT2D eigenvalue weighted by Gasteiger charge is -2.35. The van der Waals surface area contributed by atoms with Crippen LogP contribution in [0.5, 0.6) is 0 Å². The highest BCUT2D eigenvalue weighted by atomic mass is 16.3. The van der Waals surface area contributed by atoms with Crippen molar-refractivity contribution in [1.29, 1.82) is 0 Å². The highest BCUT2D eigenvalue weighted by molar-refractivity contribution is 5.91. The number of nitrogens with zero attached hydrogens (tertiary/aromatic N) is 3. The van der Waals surface area contributed by atoms with Gasteiger partial charge in [-0.3, -0.25) is 9.59 Å². The van der Waals surface area contributed by atoms with Gasteiger partial charge in [0.05, 0.1) is 6.26 Å². The first-order valence-corrected chi connectivity index (χ1v) is 9.58. The Morgan fingerprint density at radius 1 is 1.04 bits per heavy atom. The van der Waals surface area contributed by atoms with Gasteiger partial charge in [-0.1, -0.05) is 18.2 Å². The number of anilines is 1. The summed E-state index contributed by atoms with van der Waals surface area (Å²) in [6.45, 7) is 5.21. The number of rotatable bonds is 4. The molecule has 0 radical (unpaired) electrons. The van der Waals surface area contributed by atoms with Crippen LogP contribution in [0.15, 0.2) is 47.1 Å². The Bertz CT molecular complexity index is 810. The highest BCUT2D eigenvalue weighted by Gasteiger charge is 2.28. The third-order valence-electron chi connectivity index (χ3n) is 5.57. The molecule has 1 aromatic carbocycles. The smallest absolute Gasteiger partial charge is 0.289 e. The number of para-hydroxylation sites is 1. The highest BCUT2D eigenvalue weighted by Crippen LogP contribution is 2.31. The molecule has 6 heteroatoms. The summed E-state index contributed by atoms with van der Waals surface area (Å²) in [7, 11) is 0. The standard InChI is InChI=1S/C21H25N3O3/c1-16-15-17-5-2-3-6-18(17)24(16)9-8-20(25)22-10-12-23(13-11-22)21(26)19-7-4-14-27-19/h2-7,14,16H,8-13,15H2,1H3. The fraction of sp³-hybridized carbons (Fsp3) is 0.429. The zero-order valence-electron chi connectivity index (χ0n) is 15.6. The molecule has 0 saturated carbocycles.